The molecule has 0 saturated carbocycles. The van der Waals surface area contributed by atoms with Crippen molar-refractivity contribution in [2.45, 2.75) is 37.8 Å². The molecule has 0 radical (unpaired) electrons. The second-order valence-corrected chi connectivity index (χ2v) is 13.2. The molecule has 13 heteroatoms. The molecule has 2 N–H and O–H groups in total. The van der Waals surface area contributed by atoms with Crippen LogP contribution in [0.2, 0.25) is 0 Å². The van der Waals surface area contributed by atoms with Crippen molar-refractivity contribution in [1.29, 1.82) is 0 Å². The summed E-state index contributed by atoms with van der Waals surface area (Å²) in [6.07, 6.45) is 13.7. The quantitative estimate of drug-likeness (QED) is 0.201. The fourth-order valence-electron chi connectivity index (χ4n) is 6.82. The first kappa shape index (κ1) is 37.2. The van der Waals surface area contributed by atoms with E-state index in [9.17, 15) is 19.2 Å². The van der Waals surface area contributed by atoms with Gasteiger partial charge in [0.2, 0.25) is 0 Å². The van der Waals surface area contributed by atoms with Crippen LogP contribution in [-0.4, -0.2) is 37.1 Å². The van der Waals surface area contributed by atoms with E-state index in [2.05, 4.69) is 48.7 Å². The molecule has 2 atom stereocenters. The summed E-state index contributed by atoms with van der Waals surface area (Å²) in [4.78, 5) is 75.0. The van der Waals surface area contributed by atoms with Gasteiger partial charge >= 0.3 is 6.15 Å². The first-order valence-corrected chi connectivity index (χ1v) is 17.8. The zero-order chi connectivity index (χ0) is 38.0. The summed E-state index contributed by atoms with van der Waals surface area (Å²) in [6.45, 7) is 0. The molecule has 2 aliphatic carbocycles. The van der Waals surface area contributed by atoms with E-state index in [0.29, 0.717) is 11.4 Å². The Bertz CT molecular complexity index is 2450. The molecular weight excluding hydrogens is 752 g/mol. The molecule has 12 nitrogen and oxygen atoms in total. The highest BCUT2D eigenvalue weighted by atomic mass is 79.9. The van der Waals surface area contributed by atoms with Gasteiger partial charge in [0.1, 0.15) is 11.1 Å². The van der Waals surface area contributed by atoms with E-state index in [1.807, 2.05) is 30.3 Å². The Morgan fingerprint density at radius 3 is 1.67 bits per heavy atom. The van der Waals surface area contributed by atoms with Gasteiger partial charge in [-0.05, 0) is 103 Å². The van der Waals surface area contributed by atoms with Crippen molar-refractivity contribution < 1.29 is 19.2 Å². The van der Waals surface area contributed by atoms with Crippen molar-refractivity contribution in [1.82, 2.24) is 19.1 Å². The number of nitrogens with zero attached hydrogens (tertiary/aromatic N) is 4. The van der Waals surface area contributed by atoms with Gasteiger partial charge in [-0.1, -0.05) is 52.3 Å². The van der Waals surface area contributed by atoms with Crippen LogP contribution in [0.25, 0.3) is 0 Å². The zero-order valence-electron chi connectivity index (χ0n) is 28.7. The van der Waals surface area contributed by atoms with E-state index >= 15 is 0 Å². The lowest BCUT2D eigenvalue weighted by atomic mass is 10.1. The van der Waals surface area contributed by atoms with Crippen LogP contribution in [0.15, 0.2) is 142 Å². The predicted octanol–water partition coefficient (Wildman–Crippen LogP) is 6.24. The van der Waals surface area contributed by atoms with Crippen molar-refractivity contribution in [3.8, 4) is 0 Å². The summed E-state index contributed by atoms with van der Waals surface area (Å²) >= 11 is 3.58. The van der Waals surface area contributed by atoms with Gasteiger partial charge in [0.25, 0.3) is 22.9 Å². The van der Waals surface area contributed by atoms with E-state index in [-0.39, 0.29) is 40.5 Å². The number of hydrogen-bond acceptors (Lipinski definition) is 8. The monoisotopic (exact) mass is 784 g/mol. The lowest BCUT2D eigenvalue weighted by Crippen LogP contribution is -2.30. The standard InChI is InChI=1S/C20H16BrN3O2.C20H17N3O2.CO2/c21-17-5-1-3-15-14(17)6-7-18(15)24-12-2-4-16(20(24)26)19(25)23-13-8-10-22-11-9-13;24-19(22-15-9-11-21-12-10-15)17-6-3-13-23(20(17)25)18-8-7-14-4-1-2-5-16(14)18;2-1-3/h1-5,8-12,18H,6-7H2,(H,22,23,25);1-6,9-13,18H,7-8H2,(H,21,22,24);. The number of rotatable bonds is 6. The summed E-state index contributed by atoms with van der Waals surface area (Å²) in [6, 6.07) is 27.5. The Morgan fingerprint density at radius 1 is 0.630 bits per heavy atom. The maximum atomic E-state index is 13.0. The van der Waals surface area contributed by atoms with Crippen molar-refractivity contribution >= 4 is 45.3 Å². The van der Waals surface area contributed by atoms with E-state index in [1.165, 1.54) is 11.1 Å². The van der Waals surface area contributed by atoms with E-state index in [0.717, 1.165) is 41.3 Å². The normalized spacial score (nSPS) is 14.8. The molecule has 0 bridgehead atoms. The Morgan fingerprint density at radius 2 is 1.11 bits per heavy atom. The van der Waals surface area contributed by atoms with Crippen LogP contribution in [0, 0.1) is 0 Å². The lowest BCUT2D eigenvalue weighted by Gasteiger charge is -2.16. The number of benzene rings is 2. The third kappa shape index (κ3) is 8.23. The molecule has 2 unspecified atom stereocenters. The summed E-state index contributed by atoms with van der Waals surface area (Å²) in [5.74, 6) is -0.820. The molecule has 270 valence electrons. The third-order valence-corrected chi connectivity index (χ3v) is 10.0. The summed E-state index contributed by atoms with van der Waals surface area (Å²) in [7, 11) is 0. The number of halogens is 1. The molecule has 54 heavy (non-hydrogen) atoms. The second-order valence-electron chi connectivity index (χ2n) is 12.3. The average molecular weight is 786 g/mol. The zero-order valence-corrected chi connectivity index (χ0v) is 30.3. The maximum absolute atomic E-state index is 13.0. The van der Waals surface area contributed by atoms with Crippen LogP contribution in [0.1, 0.15) is 67.9 Å². The van der Waals surface area contributed by atoms with Gasteiger partial charge < -0.3 is 19.8 Å². The highest BCUT2D eigenvalue weighted by molar-refractivity contribution is 9.10. The number of amides is 2. The number of carbonyl (C=O) groups is 2. The minimum atomic E-state index is -0.414. The molecule has 4 aromatic heterocycles. The first-order valence-electron chi connectivity index (χ1n) is 17.0. The van der Waals surface area contributed by atoms with Crippen LogP contribution in [-0.2, 0) is 22.4 Å². The molecule has 2 amide bonds. The summed E-state index contributed by atoms with van der Waals surface area (Å²) in [5, 5.41) is 5.49. The van der Waals surface area contributed by atoms with Gasteiger partial charge in [-0.3, -0.25) is 29.1 Å². The van der Waals surface area contributed by atoms with Crippen LogP contribution in [0.4, 0.5) is 11.4 Å². The third-order valence-electron chi connectivity index (χ3n) is 9.27. The molecule has 8 rings (SSSR count). The largest absolute Gasteiger partial charge is 0.373 e. The van der Waals surface area contributed by atoms with Crippen LogP contribution in [0.3, 0.4) is 0 Å². The number of anilines is 2. The predicted molar refractivity (Wildman–Crippen MR) is 204 cm³/mol. The van der Waals surface area contributed by atoms with Crippen LogP contribution >= 0.6 is 15.9 Å². The topological polar surface area (TPSA) is 162 Å². The van der Waals surface area contributed by atoms with Gasteiger partial charge in [-0.2, -0.15) is 9.59 Å². The van der Waals surface area contributed by atoms with Crippen molar-refractivity contribution in [3.63, 3.8) is 0 Å². The summed E-state index contributed by atoms with van der Waals surface area (Å²) in [5.41, 5.74) is 5.74. The number of pyridine rings is 4. The Hall–Kier alpha value is -6.56. The van der Waals surface area contributed by atoms with Gasteiger partial charge in [0.05, 0.1) is 12.1 Å². The lowest BCUT2D eigenvalue weighted by molar-refractivity contribution is -0.191. The van der Waals surface area contributed by atoms with Gasteiger partial charge in [0.15, 0.2) is 0 Å². The molecule has 2 aromatic carbocycles. The molecule has 0 fully saturated rings. The fourth-order valence-corrected chi connectivity index (χ4v) is 7.40. The minimum Gasteiger partial charge on any atom is -0.322 e. The van der Waals surface area contributed by atoms with Gasteiger partial charge in [-0.25, -0.2) is 0 Å². The van der Waals surface area contributed by atoms with Crippen molar-refractivity contribution in [2.24, 2.45) is 0 Å². The molecule has 0 spiro atoms. The Kier molecular flexibility index (Phi) is 11.9. The number of aromatic nitrogens is 4. The van der Waals surface area contributed by atoms with Crippen LogP contribution < -0.4 is 21.8 Å². The molecule has 6 aromatic rings. The van der Waals surface area contributed by atoms with Crippen LogP contribution in [0.5, 0.6) is 0 Å². The smallest absolute Gasteiger partial charge is 0.322 e. The molecule has 4 heterocycles. The number of fused-ring (bicyclic) bond motifs is 2. The molecule has 2 aliphatic rings. The number of hydrogen-bond donors (Lipinski definition) is 2. The Balaban J connectivity index is 0.000000172. The highest BCUT2D eigenvalue weighted by Crippen LogP contribution is 2.37. The summed E-state index contributed by atoms with van der Waals surface area (Å²) < 4.78 is 4.41. The Labute approximate surface area is 317 Å². The second kappa shape index (κ2) is 17.3. The molecule has 0 saturated heterocycles. The molecular formula is C41H33BrN6O6. The number of nitrogens with one attached hydrogen (secondary N) is 2. The highest BCUT2D eigenvalue weighted by Gasteiger charge is 2.28. The average Bonchev–Trinajstić information content (AvgIpc) is 3.82. The van der Waals surface area contributed by atoms with Gasteiger partial charge in [-0.15, -0.1) is 0 Å². The first-order chi connectivity index (χ1) is 26.3. The number of carbonyl (C=O) groups excluding carboxylic acids is 4. The number of aryl methyl sites for hydroxylation is 1. The maximum Gasteiger partial charge on any atom is 0.373 e. The fraction of sp³-hybridized carbons (Fsp3) is 0.146. The minimum absolute atomic E-state index is 0.0163. The SMILES string of the molecule is O=C(Nc1ccncc1)c1cccn(C2CCc3c(Br)cccc32)c1=O.O=C(Nc1ccncc1)c1cccn(C2CCc3ccccc32)c1=O.O=C=O. The van der Waals surface area contributed by atoms with Crippen molar-refractivity contribution in [3.05, 3.63) is 187 Å². The van der Waals surface area contributed by atoms with E-state index in [4.69, 9.17) is 9.59 Å². The van der Waals surface area contributed by atoms with Gasteiger partial charge in [0, 0.05) is 53.0 Å². The van der Waals surface area contributed by atoms with E-state index < -0.39 is 11.8 Å². The van der Waals surface area contributed by atoms with E-state index in [1.54, 1.807) is 94.8 Å². The van der Waals surface area contributed by atoms with Crippen molar-refractivity contribution in [2.75, 3.05) is 10.6 Å². The molecule has 0 aliphatic heterocycles.